The predicted octanol–water partition coefficient (Wildman–Crippen LogP) is 6.59. The van der Waals surface area contributed by atoms with Crippen LogP contribution in [0.15, 0.2) is 52.9 Å². The Labute approximate surface area is 222 Å². The Bertz CT molecular complexity index is 1050. The number of carboxylic acid groups (broad SMARTS) is 1. The van der Waals surface area contributed by atoms with Gasteiger partial charge in [0.15, 0.2) is 0 Å². The number of hydrazone groups is 1. The molecule has 0 unspecified atom stereocenters. The monoisotopic (exact) mass is 509 g/mol. The Morgan fingerprint density at radius 3 is 2.38 bits per heavy atom. The molecule has 0 bridgehead atoms. The fourth-order valence-corrected chi connectivity index (χ4v) is 4.89. The molecule has 7 nitrogen and oxygen atoms in total. The van der Waals surface area contributed by atoms with Gasteiger partial charge in [-0.1, -0.05) is 70.4 Å². The first kappa shape index (κ1) is 29.9. The van der Waals surface area contributed by atoms with Crippen molar-refractivity contribution in [1.82, 2.24) is 10.3 Å². The summed E-state index contributed by atoms with van der Waals surface area (Å²) in [5.74, 6) is -0.0875. The van der Waals surface area contributed by atoms with E-state index in [9.17, 15) is 9.59 Å². The van der Waals surface area contributed by atoms with Gasteiger partial charge in [-0.3, -0.25) is 9.59 Å². The standard InChI is InChI=1S/C28H37N3O4.C2H6/c1-5-10-24(35-4)23(6-2)20-13-15-22(16-14-20)27-26(21-11-8-7-9-12-21)28(34)31(18-29-27)30-19(3)17-25(32)33;1-2/h6,10,13-16,21,29H,5,7-9,11-12,17-18H2,1-4H3,(H,32,33);1-2H3/b23-6-,24-10+,30-19+;. The van der Waals surface area contributed by atoms with Crippen LogP contribution < -0.4 is 5.32 Å². The molecule has 7 heteroatoms. The fraction of sp³-hybridized carbons (Fsp3) is 0.500. The summed E-state index contributed by atoms with van der Waals surface area (Å²) in [4.78, 5) is 24.6. The maximum absolute atomic E-state index is 13.6. The van der Waals surface area contributed by atoms with Gasteiger partial charge >= 0.3 is 5.97 Å². The second kappa shape index (κ2) is 15.0. The molecule has 202 valence electrons. The van der Waals surface area contributed by atoms with Gasteiger partial charge in [-0.25, -0.2) is 5.01 Å². The average molecular weight is 510 g/mol. The largest absolute Gasteiger partial charge is 0.496 e. The van der Waals surface area contributed by atoms with Gasteiger partial charge in [0, 0.05) is 16.9 Å². The molecular formula is C30H43N3O4. The third kappa shape index (κ3) is 7.81. The van der Waals surface area contributed by atoms with E-state index in [1.807, 2.05) is 39.0 Å². The maximum atomic E-state index is 13.6. The number of carbonyl (C=O) groups is 2. The lowest BCUT2D eigenvalue weighted by atomic mass is 9.81. The number of carbonyl (C=O) groups excluding carboxylic acids is 1. The molecule has 2 N–H and O–H groups in total. The van der Waals surface area contributed by atoms with Crippen molar-refractivity contribution in [2.24, 2.45) is 11.0 Å². The van der Waals surface area contributed by atoms with E-state index in [1.54, 1.807) is 14.0 Å². The molecule has 1 aromatic rings. The molecule has 1 aromatic carbocycles. The smallest absolute Gasteiger partial charge is 0.309 e. The minimum atomic E-state index is -0.960. The number of carboxylic acids is 1. The van der Waals surface area contributed by atoms with Crippen LogP contribution in [0.2, 0.25) is 0 Å². The summed E-state index contributed by atoms with van der Waals surface area (Å²) >= 11 is 0. The number of hydrogen-bond donors (Lipinski definition) is 2. The highest BCUT2D eigenvalue weighted by molar-refractivity contribution is 6.04. The molecule has 1 aliphatic carbocycles. The molecule has 0 saturated heterocycles. The molecule has 0 aromatic heterocycles. The lowest BCUT2D eigenvalue weighted by molar-refractivity contribution is -0.135. The van der Waals surface area contributed by atoms with E-state index in [-0.39, 0.29) is 24.9 Å². The first-order valence-electron chi connectivity index (χ1n) is 13.5. The summed E-state index contributed by atoms with van der Waals surface area (Å²) in [7, 11) is 1.69. The third-order valence-electron chi connectivity index (χ3n) is 6.50. The molecule has 0 radical (unpaired) electrons. The Balaban J connectivity index is 0.00000235. The van der Waals surface area contributed by atoms with E-state index in [4.69, 9.17) is 9.84 Å². The Morgan fingerprint density at radius 2 is 1.84 bits per heavy atom. The zero-order valence-electron chi connectivity index (χ0n) is 23.3. The molecule has 2 aliphatic rings. The second-order valence-corrected chi connectivity index (χ2v) is 9.03. The van der Waals surface area contributed by atoms with Gasteiger partial charge < -0.3 is 15.2 Å². The molecular weight excluding hydrogens is 466 g/mol. The van der Waals surface area contributed by atoms with Crippen LogP contribution in [0.1, 0.15) is 90.7 Å². The molecule has 0 spiro atoms. The topological polar surface area (TPSA) is 91.2 Å². The van der Waals surface area contributed by atoms with Crippen molar-refractivity contribution in [2.45, 2.75) is 79.6 Å². The van der Waals surface area contributed by atoms with Gasteiger partial charge in [0.2, 0.25) is 0 Å². The molecule has 1 saturated carbocycles. The van der Waals surface area contributed by atoms with Crippen LogP contribution in [0.5, 0.6) is 0 Å². The summed E-state index contributed by atoms with van der Waals surface area (Å²) in [6.45, 7) is 9.92. The normalized spacial score (nSPS) is 17.7. The van der Waals surface area contributed by atoms with Crippen molar-refractivity contribution in [3.05, 3.63) is 58.9 Å². The van der Waals surface area contributed by atoms with Crippen LogP contribution in [0.3, 0.4) is 0 Å². The highest BCUT2D eigenvalue weighted by atomic mass is 16.5. The fourth-order valence-electron chi connectivity index (χ4n) is 4.89. The van der Waals surface area contributed by atoms with Gasteiger partial charge in [-0.2, -0.15) is 5.10 Å². The minimum Gasteiger partial charge on any atom is -0.496 e. The van der Waals surface area contributed by atoms with Crippen LogP contribution >= 0.6 is 0 Å². The second-order valence-electron chi connectivity index (χ2n) is 9.03. The predicted molar refractivity (Wildman–Crippen MR) is 151 cm³/mol. The van der Waals surface area contributed by atoms with Crippen LogP contribution in [-0.4, -0.2) is 41.5 Å². The number of rotatable bonds is 9. The number of allylic oxidation sites excluding steroid dienone is 3. The lowest BCUT2D eigenvalue weighted by Crippen LogP contribution is -2.44. The Kier molecular flexibility index (Phi) is 12.1. The van der Waals surface area contributed by atoms with Crippen LogP contribution in [0.25, 0.3) is 11.3 Å². The van der Waals surface area contributed by atoms with Gasteiger partial charge in [-0.15, -0.1) is 0 Å². The first-order valence-corrected chi connectivity index (χ1v) is 13.5. The van der Waals surface area contributed by atoms with Crippen molar-refractivity contribution in [2.75, 3.05) is 13.8 Å². The summed E-state index contributed by atoms with van der Waals surface area (Å²) in [6.07, 6.45) is 10.1. The lowest BCUT2D eigenvalue weighted by Gasteiger charge is -2.34. The number of amides is 1. The third-order valence-corrected chi connectivity index (χ3v) is 6.50. The number of aliphatic carboxylic acids is 1. The van der Waals surface area contributed by atoms with Crippen molar-refractivity contribution in [3.8, 4) is 0 Å². The summed E-state index contributed by atoms with van der Waals surface area (Å²) < 4.78 is 5.59. The zero-order valence-corrected chi connectivity index (χ0v) is 23.3. The number of methoxy groups -OCH3 is 1. The summed E-state index contributed by atoms with van der Waals surface area (Å²) in [6, 6.07) is 8.22. The molecule has 1 amide bonds. The quantitative estimate of drug-likeness (QED) is 0.223. The molecule has 1 fully saturated rings. The highest BCUT2D eigenvalue weighted by Crippen LogP contribution is 2.36. The number of benzene rings is 1. The Morgan fingerprint density at radius 1 is 1.19 bits per heavy atom. The number of nitrogens with one attached hydrogen (secondary N) is 1. The summed E-state index contributed by atoms with van der Waals surface area (Å²) in [5, 5.41) is 18.2. The Hall–Kier alpha value is -3.35. The van der Waals surface area contributed by atoms with Crippen molar-refractivity contribution in [3.63, 3.8) is 0 Å². The average Bonchev–Trinajstić information content (AvgIpc) is 2.91. The SMILES string of the molecule is C/C=C(\C(=C/CC)OC)c1ccc(C2=C(C3CCCCC3)C(=O)N(/N=C(\C)CC(=O)O)CN2)cc1.CC. The van der Waals surface area contributed by atoms with E-state index in [1.165, 1.54) is 11.4 Å². The van der Waals surface area contributed by atoms with E-state index < -0.39 is 5.97 Å². The van der Waals surface area contributed by atoms with E-state index >= 15 is 0 Å². The molecule has 1 heterocycles. The van der Waals surface area contributed by atoms with E-state index in [0.717, 1.165) is 65.8 Å². The van der Waals surface area contributed by atoms with Crippen molar-refractivity contribution >= 4 is 28.9 Å². The van der Waals surface area contributed by atoms with Crippen LogP contribution in [0.4, 0.5) is 0 Å². The van der Waals surface area contributed by atoms with Crippen molar-refractivity contribution < 1.29 is 19.4 Å². The van der Waals surface area contributed by atoms with Crippen LogP contribution in [-0.2, 0) is 14.3 Å². The first-order chi connectivity index (χ1) is 17.9. The number of nitrogens with zero attached hydrogens (tertiary/aromatic N) is 2. The van der Waals surface area contributed by atoms with Gasteiger partial charge in [0.05, 0.1) is 19.2 Å². The zero-order chi connectivity index (χ0) is 27.4. The number of ether oxygens (including phenoxy) is 1. The number of hydrogen-bond acceptors (Lipinski definition) is 5. The maximum Gasteiger partial charge on any atom is 0.309 e. The molecule has 0 atom stereocenters. The van der Waals surface area contributed by atoms with Crippen LogP contribution in [0, 0.1) is 5.92 Å². The highest BCUT2D eigenvalue weighted by Gasteiger charge is 2.34. The van der Waals surface area contributed by atoms with Crippen molar-refractivity contribution in [1.29, 1.82) is 0 Å². The van der Waals surface area contributed by atoms with Gasteiger partial charge in [0.25, 0.3) is 5.91 Å². The van der Waals surface area contributed by atoms with Gasteiger partial charge in [0.1, 0.15) is 12.4 Å². The minimum absolute atomic E-state index is 0.138. The van der Waals surface area contributed by atoms with E-state index in [2.05, 4.69) is 35.6 Å². The molecule has 37 heavy (non-hydrogen) atoms. The van der Waals surface area contributed by atoms with Gasteiger partial charge in [-0.05, 0) is 56.2 Å². The summed E-state index contributed by atoms with van der Waals surface area (Å²) in [5.41, 5.74) is 5.05. The van der Waals surface area contributed by atoms with E-state index in [0.29, 0.717) is 5.71 Å². The molecule has 1 aliphatic heterocycles. The molecule has 3 rings (SSSR count).